The van der Waals surface area contributed by atoms with Crippen molar-refractivity contribution in [2.75, 3.05) is 24.6 Å². The van der Waals surface area contributed by atoms with Gasteiger partial charge in [0.15, 0.2) is 0 Å². The highest BCUT2D eigenvalue weighted by molar-refractivity contribution is 7.89. The molecule has 0 radical (unpaired) electrons. The lowest BCUT2D eigenvalue weighted by atomic mass is 10.2. The van der Waals surface area contributed by atoms with Crippen molar-refractivity contribution in [1.82, 2.24) is 4.31 Å². The van der Waals surface area contributed by atoms with Gasteiger partial charge in [-0.05, 0) is 18.2 Å². The van der Waals surface area contributed by atoms with Gasteiger partial charge in [-0.25, -0.2) is 8.42 Å². The Kier molecular flexibility index (Phi) is 3.80. The van der Waals surface area contributed by atoms with Gasteiger partial charge in [0.1, 0.15) is 0 Å². The third-order valence-corrected chi connectivity index (χ3v) is 5.91. The summed E-state index contributed by atoms with van der Waals surface area (Å²) in [7, 11) is -4.49. The van der Waals surface area contributed by atoms with Crippen LogP contribution in [0.25, 0.3) is 0 Å². The molecule has 96 valence electrons. The summed E-state index contributed by atoms with van der Waals surface area (Å²) in [6, 6.07) is 7.86. The van der Waals surface area contributed by atoms with Crippen LogP contribution in [0, 0.1) is 11.3 Å². The van der Waals surface area contributed by atoms with Crippen LogP contribution in [0.3, 0.4) is 0 Å². The predicted octanol–water partition coefficient (Wildman–Crippen LogP) is 0.311. The third kappa shape index (κ3) is 2.61. The highest BCUT2D eigenvalue weighted by Crippen LogP contribution is 2.18. The largest absolute Gasteiger partial charge is 0.259 e. The van der Waals surface area contributed by atoms with Gasteiger partial charge in [0.05, 0.1) is 16.5 Å². The maximum atomic E-state index is 12.3. The summed E-state index contributed by atoms with van der Waals surface area (Å²) in [5.41, 5.74) is 0.316. The maximum absolute atomic E-state index is 12.3. The van der Waals surface area contributed by atoms with Gasteiger partial charge < -0.3 is 0 Å². The molecule has 7 heteroatoms. The van der Waals surface area contributed by atoms with Gasteiger partial charge >= 0.3 is 0 Å². The molecule has 0 aromatic heterocycles. The smallest absolute Gasteiger partial charge is 0.243 e. The molecule has 1 aromatic carbocycles. The van der Waals surface area contributed by atoms with Gasteiger partial charge in [0.2, 0.25) is 10.0 Å². The molecular formula is C11H12N2O3S2. The van der Waals surface area contributed by atoms with Gasteiger partial charge in [-0.2, -0.15) is 9.57 Å². The fourth-order valence-electron chi connectivity index (χ4n) is 1.74. The number of nitrogens with zero attached hydrogens (tertiary/aromatic N) is 2. The number of benzene rings is 1. The Bertz CT molecular complexity index is 609. The van der Waals surface area contributed by atoms with E-state index in [1.54, 1.807) is 12.1 Å². The summed E-state index contributed by atoms with van der Waals surface area (Å²) in [6.07, 6.45) is 0. The lowest BCUT2D eigenvalue weighted by Gasteiger charge is -2.25. The summed E-state index contributed by atoms with van der Waals surface area (Å²) < 4.78 is 37.1. The van der Waals surface area contributed by atoms with Gasteiger partial charge in [-0.15, -0.1) is 0 Å². The molecule has 1 aliphatic heterocycles. The van der Waals surface area contributed by atoms with Crippen molar-refractivity contribution in [3.63, 3.8) is 0 Å². The Morgan fingerprint density at radius 3 is 2.56 bits per heavy atom. The Balaban J connectivity index is 2.31. The molecular weight excluding hydrogens is 272 g/mol. The Morgan fingerprint density at radius 2 is 1.94 bits per heavy atom. The number of rotatable bonds is 2. The maximum Gasteiger partial charge on any atom is 0.243 e. The second-order valence-electron chi connectivity index (χ2n) is 3.89. The van der Waals surface area contributed by atoms with Crippen LogP contribution in [-0.2, 0) is 20.8 Å². The minimum Gasteiger partial charge on any atom is -0.259 e. The lowest BCUT2D eigenvalue weighted by molar-refractivity contribution is 0.438. The molecule has 1 fully saturated rings. The number of hydrogen-bond donors (Lipinski definition) is 0. The molecule has 5 nitrogen and oxygen atoms in total. The zero-order valence-electron chi connectivity index (χ0n) is 9.57. The first-order valence-electron chi connectivity index (χ1n) is 5.39. The molecule has 1 heterocycles. The molecule has 1 aliphatic rings. The lowest BCUT2D eigenvalue weighted by Crippen LogP contribution is -2.41. The van der Waals surface area contributed by atoms with Gasteiger partial charge in [-0.3, -0.25) is 4.21 Å². The second kappa shape index (κ2) is 5.18. The van der Waals surface area contributed by atoms with E-state index in [0.717, 1.165) is 0 Å². The van der Waals surface area contributed by atoms with E-state index < -0.39 is 20.8 Å². The number of nitriles is 1. The molecule has 1 saturated heterocycles. The van der Waals surface area contributed by atoms with E-state index in [0.29, 0.717) is 17.1 Å². The van der Waals surface area contributed by atoms with Crippen molar-refractivity contribution in [3.8, 4) is 6.07 Å². The zero-order chi connectivity index (χ0) is 13.2. The van der Waals surface area contributed by atoms with Crippen LogP contribution in [0.1, 0.15) is 5.56 Å². The molecule has 0 bridgehead atoms. The Hall–Kier alpha value is -1.23. The van der Waals surface area contributed by atoms with Crippen molar-refractivity contribution in [3.05, 3.63) is 29.8 Å². The van der Waals surface area contributed by atoms with E-state index in [2.05, 4.69) is 0 Å². The molecule has 2 rings (SSSR count). The highest BCUT2D eigenvalue weighted by Gasteiger charge is 2.28. The molecule has 0 aliphatic carbocycles. The van der Waals surface area contributed by atoms with Crippen LogP contribution in [0.5, 0.6) is 0 Å². The standard InChI is InChI=1S/C11H12N2O3S2/c12-9-10-2-1-3-11(8-10)18(15,16)13-4-6-17(14)7-5-13/h1-3,8H,4-7H2. The normalized spacial score (nSPS) is 18.4. The van der Waals surface area contributed by atoms with E-state index in [1.807, 2.05) is 6.07 Å². The van der Waals surface area contributed by atoms with Gasteiger partial charge in [0, 0.05) is 35.4 Å². The summed E-state index contributed by atoms with van der Waals surface area (Å²) >= 11 is 0. The Labute approximate surface area is 109 Å². The predicted molar refractivity (Wildman–Crippen MR) is 67.8 cm³/mol. The molecule has 18 heavy (non-hydrogen) atoms. The monoisotopic (exact) mass is 284 g/mol. The summed E-state index contributed by atoms with van der Waals surface area (Å²) in [5, 5.41) is 8.77. The molecule has 0 spiro atoms. The van der Waals surface area contributed by atoms with E-state index in [4.69, 9.17) is 5.26 Å². The van der Waals surface area contributed by atoms with Crippen LogP contribution < -0.4 is 0 Å². The minimum absolute atomic E-state index is 0.120. The molecule has 0 atom stereocenters. The molecule has 0 unspecified atom stereocenters. The first-order valence-corrected chi connectivity index (χ1v) is 8.32. The van der Waals surface area contributed by atoms with Crippen LogP contribution in [-0.4, -0.2) is 41.5 Å². The second-order valence-corrected chi connectivity index (χ2v) is 7.53. The minimum atomic E-state index is -3.57. The SMILES string of the molecule is N#Cc1cccc(S(=O)(=O)N2CCS(=O)CC2)c1. The number of hydrogen-bond acceptors (Lipinski definition) is 4. The zero-order valence-corrected chi connectivity index (χ0v) is 11.2. The summed E-state index contributed by atoms with van der Waals surface area (Å²) in [4.78, 5) is 0.120. The van der Waals surface area contributed by atoms with Crippen LogP contribution in [0.15, 0.2) is 29.2 Å². The quantitative estimate of drug-likeness (QED) is 0.783. The third-order valence-electron chi connectivity index (χ3n) is 2.74. The fraction of sp³-hybridized carbons (Fsp3) is 0.364. The first-order chi connectivity index (χ1) is 8.54. The van der Waals surface area contributed by atoms with E-state index >= 15 is 0 Å². The molecule has 0 amide bonds. The van der Waals surface area contributed by atoms with Crippen molar-refractivity contribution in [2.24, 2.45) is 0 Å². The van der Waals surface area contributed by atoms with Crippen LogP contribution in [0.4, 0.5) is 0 Å². The molecule has 0 N–H and O–H groups in total. The van der Waals surface area contributed by atoms with Crippen molar-refractivity contribution >= 4 is 20.8 Å². The average molecular weight is 284 g/mol. The van der Waals surface area contributed by atoms with Gasteiger partial charge in [0.25, 0.3) is 0 Å². The average Bonchev–Trinajstić information content (AvgIpc) is 2.39. The summed E-state index contributed by atoms with van der Waals surface area (Å²) in [6.45, 7) is 0.539. The molecule has 1 aromatic rings. The van der Waals surface area contributed by atoms with Crippen LogP contribution >= 0.6 is 0 Å². The van der Waals surface area contributed by atoms with Crippen molar-refractivity contribution < 1.29 is 12.6 Å². The highest BCUT2D eigenvalue weighted by atomic mass is 32.2. The topological polar surface area (TPSA) is 78.2 Å². The fourth-order valence-corrected chi connectivity index (χ4v) is 4.51. The van der Waals surface area contributed by atoms with Crippen LogP contribution in [0.2, 0.25) is 0 Å². The van der Waals surface area contributed by atoms with Gasteiger partial charge in [-0.1, -0.05) is 6.07 Å². The van der Waals surface area contributed by atoms with E-state index in [-0.39, 0.29) is 18.0 Å². The van der Waals surface area contributed by atoms with E-state index in [1.165, 1.54) is 16.4 Å². The summed E-state index contributed by atoms with van der Waals surface area (Å²) in [5.74, 6) is 0.744. The van der Waals surface area contributed by atoms with Crippen molar-refractivity contribution in [1.29, 1.82) is 5.26 Å². The molecule has 0 saturated carbocycles. The number of sulfonamides is 1. The Morgan fingerprint density at radius 1 is 1.28 bits per heavy atom. The van der Waals surface area contributed by atoms with Crippen molar-refractivity contribution in [2.45, 2.75) is 4.90 Å². The first kappa shape index (κ1) is 13.2. The van der Waals surface area contributed by atoms with E-state index in [9.17, 15) is 12.6 Å².